The number of nitrogens with one attached hydrogen (secondary N) is 1. The van der Waals surface area contributed by atoms with Crippen molar-refractivity contribution in [2.75, 3.05) is 0 Å². The largest absolute Gasteiger partial charge is 0.444 e. The van der Waals surface area contributed by atoms with Crippen LogP contribution in [0.15, 0.2) is 17.5 Å². The predicted octanol–water partition coefficient (Wildman–Crippen LogP) is 3.31. The molecule has 1 amide bonds. The molecule has 3 bridgehead atoms. The molecule has 96 valence electrons. The number of hydrogen-bond acceptors (Lipinski definition) is 3. The van der Waals surface area contributed by atoms with Crippen molar-refractivity contribution in [3.63, 3.8) is 0 Å². The zero-order chi connectivity index (χ0) is 12.2. The summed E-state index contributed by atoms with van der Waals surface area (Å²) in [5.41, 5.74) is 0.706. The van der Waals surface area contributed by atoms with E-state index >= 15 is 0 Å². The van der Waals surface area contributed by atoms with Crippen molar-refractivity contribution in [1.82, 2.24) is 5.32 Å². The van der Waals surface area contributed by atoms with Crippen molar-refractivity contribution in [2.24, 2.45) is 11.3 Å². The van der Waals surface area contributed by atoms with Gasteiger partial charge in [0.05, 0.1) is 0 Å². The Labute approximate surface area is 111 Å². The third-order valence-corrected chi connectivity index (χ3v) is 5.69. The number of carbonyl (C=O) groups excluding carboxylic acids is 1. The standard InChI is InChI=1S/C14H17NO2S/c16-12(17-7-11-2-1-3-18-11)15-14-6-10-4-13(5-10,8-14)9-14/h1-3,10H,4-9H2,(H,15,16). The van der Waals surface area contributed by atoms with Gasteiger partial charge < -0.3 is 10.1 Å². The average molecular weight is 263 g/mol. The number of hydrogen-bond donors (Lipinski definition) is 1. The van der Waals surface area contributed by atoms with Crippen LogP contribution < -0.4 is 5.32 Å². The second-order valence-electron chi connectivity index (χ2n) is 6.39. The van der Waals surface area contributed by atoms with E-state index in [2.05, 4.69) is 5.32 Å². The zero-order valence-electron chi connectivity index (χ0n) is 10.3. The Morgan fingerprint density at radius 1 is 1.44 bits per heavy atom. The quantitative estimate of drug-likeness (QED) is 0.908. The van der Waals surface area contributed by atoms with Gasteiger partial charge in [0.15, 0.2) is 0 Å². The lowest BCUT2D eigenvalue weighted by molar-refractivity contribution is -0.170. The van der Waals surface area contributed by atoms with Crippen LogP contribution in [0.2, 0.25) is 0 Å². The molecule has 6 rings (SSSR count). The summed E-state index contributed by atoms with van der Waals surface area (Å²) < 4.78 is 5.29. The first kappa shape index (κ1) is 10.9. The van der Waals surface area contributed by atoms with Crippen LogP contribution in [0.5, 0.6) is 0 Å². The smallest absolute Gasteiger partial charge is 0.407 e. The van der Waals surface area contributed by atoms with Gasteiger partial charge in [0.1, 0.15) is 6.61 Å². The summed E-state index contributed by atoms with van der Waals surface area (Å²) in [5.74, 6) is 0.866. The predicted molar refractivity (Wildman–Crippen MR) is 69.4 cm³/mol. The Bertz CT molecular complexity index is 462. The highest BCUT2D eigenvalue weighted by molar-refractivity contribution is 7.09. The third kappa shape index (κ3) is 1.58. The van der Waals surface area contributed by atoms with Crippen LogP contribution in [-0.4, -0.2) is 11.6 Å². The summed E-state index contributed by atoms with van der Waals surface area (Å²) in [6.07, 6.45) is 6.11. The maximum atomic E-state index is 11.8. The average Bonchev–Trinajstić information content (AvgIpc) is 2.76. The van der Waals surface area contributed by atoms with Crippen molar-refractivity contribution >= 4 is 17.4 Å². The Hall–Kier alpha value is -1.03. The fourth-order valence-electron chi connectivity index (χ4n) is 4.60. The van der Waals surface area contributed by atoms with Crippen molar-refractivity contribution < 1.29 is 9.53 Å². The molecule has 5 saturated carbocycles. The Morgan fingerprint density at radius 3 is 2.89 bits per heavy atom. The molecule has 0 saturated heterocycles. The summed E-state index contributed by atoms with van der Waals surface area (Å²) >= 11 is 1.62. The van der Waals surface area contributed by atoms with Crippen LogP contribution >= 0.6 is 11.3 Å². The Balaban J connectivity index is 1.31. The van der Waals surface area contributed by atoms with Crippen molar-refractivity contribution in [2.45, 2.75) is 44.2 Å². The minimum Gasteiger partial charge on any atom is -0.444 e. The molecule has 0 aliphatic heterocycles. The molecule has 1 heterocycles. The van der Waals surface area contributed by atoms with E-state index in [1.807, 2.05) is 17.5 Å². The minimum absolute atomic E-state index is 0.0910. The van der Waals surface area contributed by atoms with E-state index in [4.69, 9.17) is 4.74 Å². The van der Waals surface area contributed by atoms with E-state index < -0.39 is 0 Å². The van der Waals surface area contributed by atoms with Gasteiger partial charge in [0, 0.05) is 10.4 Å². The highest BCUT2D eigenvalue weighted by atomic mass is 32.1. The molecule has 4 heteroatoms. The molecular weight excluding hydrogens is 246 g/mol. The topological polar surface area (TPSA) is 38.3 Å². The molecule has 3 nitrogen and oxygen atoms in total. The van der Waals surface area contributed by atoms with Gasteiger partial charge >= 0.3 is 6.09 Å². The van der Waals surface area contributed by atoms with Gasteiger partial charge in [-0.1, -0.05) is 6.07 Å². The molecule has 0 unspecified atom stereocenters. The summed E-state index contributed by atoms with van der Waals surface area (Å²) in [6.45, 7) is 0.397. The number of alkyl carbamates (subject to hydrolysis) is 1. The van der Waals surface area contributed by atoms with Crippen LogP contribution in [0, 0.1) is 11.3 Å². The van der Waals surface area contributed by atoms with Crippen molar-refractivity contribution in [3.05, 3.63) is 22.4 Å². The van der Waals surface area contributed by atoms with Crippen LogP contribution in [0.25, 0.3) is 0 Å². The van der Waals surface area contributed by atoms with Crippen molar-refractivity contribution in [3.8, 4) is 0 Å². The number of carbonyl (C=O) groups is 1. The first-order chi connectivity index (χ1) is 8.67. The third-order valence-electron chi connectivity index (χ3n) is 4.84. The van der Waals surface area contributed by atoms with Crippen LogP contribution in [-0.2, 0) is 11.3 Å². The SMILES string of the molecule is O=C(NC12CC3CC(C3)(C1)C2)OCc1cccs1. The second-order valence-corrected chi connectivity index (χ2v) is 7.43. The molecule has 18 heavy (non-hydrogen) atoms. The van der Waals surface area contributed by atoms with Gasteiger partial charge in [-0.3, -0.25) is 0 Å². The molecule has 0 atom stereocenters. The van der Waals surface area contributed by atoms with E-state index in [-0.39, 0.29) is 11.6 Å². The van der Waals surface area contributed by atoms with Gasteiger partial charge in [-0.05, 0) is 54.9 Å². The number of amides is 1. The summed E-state index contributed by atoms with van der Waals surface area (Å²) in [6, 6.07) is 3.97. The normalized spacial score (nSPS) is 39.4. The summed E-state index contributed by atoms with van der Waals surface area (Å²) in [5, 5.41) is 5.12. The lowest BCUT2D eigenvalue weighted by Gasteiger charge is -2.71. The van der Waals surface area contributed by atoms with E-state index in [9.17, 15) is 4.79 Å². The highest BCUT2D eigenvalue weighted by Gasteiger charge is 2.67. The zero-order valence-corrected chi connectivity index (χ0v) is 11.1. The first-order valence-corrected chi connectivity index (χ1v) is 7.52. The number of thiophene rings is 1. The summed E-state index contributed by atoms with van der Waals surface area (Å²) in [4.78, 5) is 12.9. The van der Waals surface area contributed by atoms with Gasteiger partial charge in [0.25, 0.3) is 0 Å². The van der Waals surface area contributed by atoms with Crippen molar-refractivity contribution in [1.29, 1.82) is 0 Å². The molecule has 1 aromatic rings. The van der Waals surface area contributed by atoms with E-state index in [1.54, 1.807) is 11.3 Å². The van der Waals surface area contributed by atoms with E-state index in [0.717, 1.165) is 10.8 Å². The maximum Gasteiger partial charge on any atom is 0.407 e. The number of rotatable bonds is 3. The lowest BCUT2D eigenvalue weighted by Crippen LogP contribution is -2.71. The molecule has 1 aromatic heterocycles. The van der Waals surface area contributed by atoms with Crippen LogP contribution in [0.1, 0.15) is 37.0 Å². The van der Waals surface area contributed by atoms with Gasteiger partial charge in [0.2, 0.25) is 0 Å². The fourth-order valence-corrected chi connectivity index (χ4v) is 5.22. The van der Waals surface area contributed by atoms with E-state index in [1.165, 1.54) is 32.1 Å². The molecule has 1 spiro atoms. The van der Waals surface area contributed by atoms with Gasteiger partial charge in [-0.15, -0.1) is 11.3 Å². The minimum atomic E-state index is -0.237. The second kappa shape index (κ2) is 3.50. The van der Waals surface area contributed by atoms with Gasteiger partial charge in [-0.25, -0.2) is 4.79 Å². The Kier molecular flexibility index (Phi) is 2.11. The first-order valence-electron chi connectivity index (χ1n) is 6.65. The van der Waals surface area contributed by atoms with E-state index in [0.29, 0.717) is 12.0 Å². The summed E-state index contributed by atoms with van der Waals surface area (Å²) in [7, 11) is 0. The molecule has 1 N–H and O–H groups in total. The molecule has 0 aromatic carbocycles. The molecular formula is C14H17NO2S. The molecule has 0 radical (unpaired) electrons. The highest BCUT2D eigenvalue weighted by Crippen LogP contribution is 2.71. The molecule has 5 fully saturated rings. The Morgan fingerprint density at radius 2 is 2.28 bits per heavy atom. The lowest BCUT2D eigenvalue weighted by atomic mass is 9.37. The fraction of sp³-hybridized carbons (Fsp3) is 0.643. The van der Waals surface area contributed by atoms with Crippen LogP contribution in [0.3, 0.4) is 0 Å². The maximum absolute atomic E-state index is 11.8. The number of ether oxygens (including phenoxy) is 1. The molecule has 5 aliphatic rings. The monoisotopic (exact) mass is 263 g/mol. The molecule has 5 aliphatic carbocycles. The van der Waals surface area contributed by atoms with Crippen LogP contribution in [0.4, 0.5) is 4.79 Å². The van der Waals surface area contributed by atoms with Gasteiger partial charge in [-0.2, -0.15) is 0 Å².